The van der Waals surface area contributed by atoms with Crippen LogP contribution in [0.1, 0.15) is 19.0 Å². The molecule has 5 nitrogen and oxygen atoms in total. The number of carbonyl (C=O) groups is 1. The molecule has 2 rings (SSSR count). The number of aromatic nitrogens is 1. The molecule has 2 heterocycles. The summed E-state index contributed by atoms with van der Waals surface area (Å²) in [6.07, 6.45) is 9.24. The Kier molecular flexibility index (Phi) is 4.66. The van der Waals surface area contributed by atoms with Gasteiger partial charge >= 0.3 is 5.97 Å². The highest BCUT2D eigenvalue weighted by Crippen LogP contribution is 2.21. The number of hydrogen-bond acceptors (Lipinski definition) is 4. The Morgan fingerprint density at radius 1 is 1.43 bits per heavy atom. The third kappa shape index (κ3) is 3.45. The quantitative estimate of drug-likeness (QED) is 0.863. The molecule has 0 saturated carbocycles. The minimum atomic E-state index is -0.970. The standard InChI is InChI=1S/C16H17N3O2/c1-3-4-7-12(16(20)21)15-10-18-14(11-19(15)2)13-8-5-6-9-17-13/h4-11H,3H2,1-2H3,(H,20,21)/b7-4-,15-12+. The number of nitrogens with zero attached hydrogens (tertiary/aromatic N) is 3. The van der Waals surface area contributed by atoms with Crippen LogP contribution in [0.15, 0.2) is 59.0 Å². The number of pyridine rings is 1. The van der Waals surface area contributed by atoms with Crippen molar-refractivity contribution in [2.75, 3.05) is 7.05 Å². The predicted molar refractivity (Wildman–Crippen MR) is 82.6 cm³/mol. The molecular weight excluding hydrogens is 266 g/mol. The van der Waals surface area contributed by atoms with Gasteiger partial charge in [0.15, 0.2) is 0 Å². The van der Waals surface area contributed by atoms with Crippen molar-refractivity contribution in [3.05, 3.63) is 59.7 Å². The van der Waals surface area contributed by atoms with E-state index < -0.39 is 5.97 Å². The van der Waals surface area contributed by atoms with E-state index in [0.717, 1.165) is 12.1 Å². The van der Waals surface area contributed by atoms with E-state index in [1.54, 1.807) is 36.6 Å². The second-order valence-electron chi connectivity index (χ2n) is 4.51. The first-order chi connectivity index (χ1) is 10.1. The zero-order valence-corrected chi connectivity index (χ0v) is 12.0. The number of carboxylic acid groups (broad SMARTS) is 1. The molecule has 1 aliphatic heterocycles. The van der Waals surface area contributed by atoms with Crippen LogP contribution in [-0.2, 0) is 4.79 Å². The summed E-state index contributed by atoms with van der Waals surface area (Å²) in [6, 6.07) is 5.58. The Morgan fingerprint density at radius 2 is 2.24 bits per heavy atom. The highest BCUT2D eigenvalue weighted by Gasteiger charge is 2.17. The van der Waals surface area contributed by atoms with Gasteiger partial charge in [0.25, 0.3) is 0 Å². The first-order valence-electron chi connectivity index (χ1n) is 6.67. The van der Waals surface area contributed by atoms with Gasteiger partial charge in [0.1, 0.15) is 5.70 Å². The van der Waals surface area contributed by atoms with Gasteiger partial charge in [0, 0.05) is 19.4 Å². The van der Waals surface area contributed by atoms with Gasteiger partial charge in [0.05, 0.1) is 23.2 Å². The van der Waals surface area contributed by atoms with Gasteiger partial charge in [-0.25, -0.2) is 4.79 Å². The van der Waals surface area contributed by atoms with Crippen LogP contribution >= 0.6 is 0 Å². The molecule has 0 fully saturated rings. The van der Waals surface area contributed by atoms with E-state index >= 15 is 0 Å². The van der Waals surface area contributed by atoms with E-state index in [-0.39, 0.29) is 5.57 Å². The Labute approximate surface area is 123 Å². The van der Waals surface area contributed by atoms with Crippen LogP contribution in [0, 0.1) is 0 Å². The third-order valence-corrected chi connectivity index (χ3v) is 2.98. The smallest absolute Gasteiger partial charge is 0.337 e. The molecule has 1 aromatic rings. The maximum Gasteiger partial charge on any atom is 0.337 e. The fourth-order valence-electron chi connectivity index (χ4n) is 1.92. The minimum Gasteiger partial charge on any atom is -0.478 e. The molecule has 0 unspecified atom stereocenters. The molecule has 0 radical (unpaired) electrons. The summed E-state index contributed by atoms with van der Waals surface area (Å²) >= 11 is 0. The zero-order valence-electron chi connectivity index (χ0n) is 12.0. The van der Waals surface area contributed by atoms with E-state index in [2.05, 4.69) is 9.98 Å². The second kappa shape index (κ2) is 6.65. The lowest BCUT2D eigenvalue weighted by Crippen LogP contribution is -2.20. The van der Waals surface area contributed by atoms with E-state index in [4.69, 9.17) is 0 Å². The van der Waals surface area contributed by atoms with Gasteiger partial charge in [-0.2, -0.15) is 0 Å². The van der Waals surface area contributed by atoms with Gasteiger partial charge < -0.3 is 10.0 Å². The zero-order chi connectivity index (χ0) is 15.2. The fourth-order valence-corrected chi connectivity index (χ4v) is 1.92. The molecule has 0 spiro atoms. The summed E-state index contributed by atoms with van der Waals surface area (Å²) in [5, 5.41) is 9.32. The molecule has 0 saturated heterocycles. The monoisotopic (exact) mass is 283 g/mol. The van der Waals surface area contributed by atoms with E-state index in [1.807, 2.05) is 31.2 Å². The van der Waals surface area contributed by atoms with Crippen LogP contribution in [-0.4, -0.2) is 34.2 Å². The molecule has 0 bridgehead atoms. The van der Waals surface area contributed by atoms with Crippen molar-refractivity contribution in [3.63, 3.8) is 0 Å². The van der Waals surface area contributed by atoms with Crippen LogP contribution in [0.25, 0.3) is 5.70 Å². The highest BCUT2D eigenvalue weighted by atomic mass is 16.4. The van der Waals surface area contributed by atoms with Crippen LogP contribution in [0.3, 0.4) is 0 Å². The van der Waals surface area contributed by atoms with Gasteiger partial charge in [-0.1, -0.05) is 19.1 Å². The van der Waals surface area contributed by atoms with Gasteiger partial charge in [-0.3, -0.25) is 9.98 Å². The average Bonchev–Trinajstić information content (AvgIpc) is 2.49. The normalized spacial score (nSPS) is 17.0. The van der Waals surface area contributed by atoms with Crippen molar-refractivity contribution in [2.24, 2.45) is 4.99 Å². The first kappa shape index (κ1) is 14.7. The summed E-state index contributed by atoms with van der Waals surface area (Å²) in [4.78, 5) is 21.7. The average molecular weight is 283 g/mol. The van der Waals surface area contributed by atoms with Crippen molar-refractivity contribution >= 4 is 17.9 Å². The summed E-state index contributed by atoms with van der Waals surface area (Å²) in [5.41, 5.74) is 2.22. The molecule has 0 atom stereocenters. The van der Waals surface area contributed by atoms with Crippen LogP contribution < -0.4 is 0 Å². The summed E-state index contributed by atoms with van der Waals surface area (Å²) < 4.78 is 0. The first-order valence-corrected chi connectivity index (χ1v) is 6.67. The van der Waals surface area contributed by atoms with Crippen LogP contribution in [0.2, 0.25) is 0 Å². The molecule has 1 N–H and O–H groups in total. The third-order valence-electron chi connectivity index (χ3n) is 2.98. The highest BCUT2D eigenvalue weighted by molar-refractivity contribution is 5.99. The Hall–Kier alpha value is -2.69. The summed E-state index contributed by atoms with van der Waals surface area (Å²) in [5.74, 6) is -0.970. The summed E-state index contributed by atoms with van der Waals surface area (Å²) in [6.45, 7) is 1.96. The van der Waals surface area contributed by atoms with Crippen molar-refractivity contribution < 1.29 is 9.90 Å². The number of aliphatic carboxylic acids is 1. The molecule has 1 aliphatic rings. The molecule has 21 heavy (non-hydrogen) atoms. The van der Waals surface area contributed by atoms with Crippen LogP contribution in [0.5, 0.6) is 0 Å². The molecule has 0 aliphatic carbocycles. The molecule has 108 valence electrons. The van der Waals surface area contributed by atoms with Crippen molar-refractivity contribution in [2.45, 2.75) is 13.3 Å². The summed E-state index contributed by atoms with van der Waals surface area (Å²) in [7, 11) is 1.80. The number of aliphatic imine (C=N–C) groups is 1. The van der Waals surface area contributed by atoms with Crippen molar-refractivity contribution in [3.8, 4) is 0 Å². The SMILES string of the molecule is CC/C=C\C(C(=O)O)=C1\C=NC(c2ccccn2)=CN1C. The molecule has 1 aromatic heterocycles. The topological polar surface area (TPSA) is 65.8 Å². The van der Waals surface area contributed by atoms with E-state index in [0.29, 0.717) is 11.4 Å². The van der Waals surface area contributed by atoms with Crippen LogP contribution in [0.4, 0.5) is 0 Å². The lowest BCUT2D eigenvalue weighted by Gasteiger charge is -2.21. The van der Waals surface area contributed by atoms with Crippen molar-refractivity contribution in [1.82, 2.24) is 9.88 Å². The largest absolute Gasteiger partial charge is 0.478 e. The number of rotatable bonds is 4. The van der Waals surface area contributed by atoms with E-state index in [9.17, 15) is 9.90 Å². The molecular formula is C16H17N3O2. The Balaban J connectivity index is 2.36. The number of allylic oxidation sites excluding steroid dienone is 2. The minimum absolute atomic E-state index is 0.222. The number of hydrogen-bond donors (Lipinski definition) is 1. The van der Waals surface area contributed by atoms with Gasteiger partial charge in [0.2, 0.25) is 0 Å². The van der Waals surface area contributed by atoms with Gasteiger partial charge in [-0.05, 0) is 24.6 Å². The van der Waals surface area contributed by atoms with Gasteiger partial charge in [-0.15, -0.1) is 0 Å². The van der Waals surface area contributed by atoms with Crippen molar-refractivity contribution in [1.29, 1.82) is 0 Å². The molecule has 5 heteroatoms. The second-order valence-corrected chi connectivity index (χ2v) is 4.51. The maximum absolute atomic E-state index is 11.4. The Bertz CT molecular complexity index is 643. The maximum atomic E-state index is 11.4. The van der Waals surface area contributed by atoms with E-state index in [1.165, 1.54) is 0 Å². The molecule has 0 aromatic carbocycles. The lowest BCUT2D eigenvalue weighted by atomic mass is 10.1. The molecule has 0 amide bonds. The predicted octanol–water partition coefficient (Wildman–Crippen LogP) is 2.70. The lowest BCUT2D eigenvalue weighted by molar-refractivity contribution is -0.132. The number of carboxylic acids is 1. The fraction of sp³-hybridized carbons (Fsp3) is 0.188. The Morgan fingerprint density at radius 3 is 2.81 bits per heavy atom.